The summed E-state index contributed by atoms with van der Waals surface area (Å²) in [6.45, 7) is 0. The van der Waals surface area contributed by atoms with Crippen LogP contribution >= 0.6 is 23.1 Å². The molecule has 164 valence electrons. The maximum atomic E-state index is 12.5. The van der Waals surface area contributed by atoms with E-state index >= 15 is 0 Å². The van der Waals surface area contributed by atoms with E-state index < -0.39 is 11.5 Å². The second-order valence-corrected chi connectivity index (χ2v) is 8.37. The third-order valence-electron chi connectivity index (χ3n) is 4.15. The highest BCUT2D eigenvalue weighted by molar-refractivity contribution is 8.02. The van der Waals surface area contributed by atoms with Crippen molar-refractivity contribution in [2.75, 3.05) is 32.4 Å². The van der Waals surface area contributed by atoms with Gasteiger partial charge in [-0.1, -0.05) is 0 Å². The number of thioether (sulfide) groups is 1. The van der Waals surface area contributed by atoms with Crippen LogP contribution in [0.2, 0.25) is 0 Å². The molecule has 3 rings (SSSR count). The summed E-state index contributed by atoms with van der Waals surface area (Å²) >= 11 is 2.11. The molecule has 10 nitrogen and oxygen atoms in total. The maximum absolute atomic E-state index is 12.5. The van der Waals surface area contributed by atoms with Crippen molar-refractivity contribution in [3.8, 4) is 23.0 Å². The summed E-state index contributed by atoms with van der Waals surface area (Å²) in [6.07, 6.45) is 0. The molecular formula is C19H19N3O7S2. The van der Waals surface area contributed by atoms with Gasteiger partial charge < -0.3 is 35.4 Å². The molecule has 0 aliphatic rings. The molecule has 0 fully saturated rings. The number of ether oxygens (including phenoxy) is 3. The lowest BCUT2D eigenvalue weighted by atomic mass is 10.2. The average molecular weight is 466 g/mol. The number of amides is 2. The van der Waals surface area contributed by atoms with E-state index in [1.54, 1.807) is 12.1 Å². The van der Waals surface area contributed by atoms with Crippen LogP contribution in [0.4, 0.5) is 5.69 Å². The van der Waals surface area contributed by atoms with Crippen molar-refractivity contribution in [2.45, 2.75) is 4.21 Å². The Morgan fingerprint density at radius 3 is 2.35 bits per heavy atom. The Hall–Kier alpha value is -3.38. The van der Waals surface area contributed by atoms with Crippen molar-refractivity contribution >= 4 is 50.8 Å². The van der Waals surface area contributed by atoms with Gasteiger partial charge in [-0.2, -0.15) is 0 Å². The average Bonchev–Trinajstić information content (AvgIpc) is 3.10. The number of anilines is 1. The fourth-order valence-corrected chi connectivity index (χ4v) is 5.12. The van der Waals surface area contributed by atoms with E-state index in [0.29, 0.717) is 31.8 Å². The molecule has 2 heterocycles. The SMILES string of the molecule is COc1cc(NC(=O)CSc2sc3c(O)cc(=O)[nH]c3c2C(N)=O)cc(OC)c1OC. The second-order valence-electron chi connectivity index (χ2n) is 6.10. The highest BCUT2D eigenvalue weighted by atomic mass is 32.2. The van der Waals surface area contributed by atoms with Crippen molar-refractivity contribution in [3.63, 3.8) is 0 Å². The number of carbonyl (C=O) groups excluding carboxylic acids is 2. The van der Waals surface area contributed by atoms with Gasteiger partial charge in [-0.3, -0.25) is 14.4 Å². The molecule has 0 aliphatic heterocycles. The Bertz CT molecular complexity index is 1190. The number of pyridine rings is 1. The van der Waals surface area contributed by atoms with Crippen LogP contribution in [-0.2, 0) is 4.79 Å². The molecule has 2 amide bonds. The van der Waals surface area contributed by atoms with Crippen molar-refractivity contribution in [1.82, 2.24) is 4.98 Å². The number of methoxy groups -OCH3 is 3. The Morgan fingerprint density at radius 2 is 1.81 bits per heavy atom. The van der Waals surface area contributed by atoms with Crippen LogP contribution in [0.15, 0.2) is 27.2 Å². The predicted octanol–water partition coefficient (Wildman–Crippen LogP) is 2.15. The second kappa shape index (κ2) is 9.18. The number of hydrogen-bond acceptors (Lipinski definition) is 9. The monoisotopic (exact) mass is 465 g/mol. The maximum Gasteiger partial charge on any atom is 0.252 e. The number of benzene rings is 1. The summed E-state index contributed by atoms with van der Waals surface area (Å²) in [5.41, 5.74) is 5.52. The molecule has 12 heteroatoms. The standard InChI is InChI=1S/C19H19N3O7S2/c1-27-10-4-8(5-11(28-2)16(10)29-3)21-13(25)7-30-19-14(18(20)26)15-17(31-19)9(23)6-12(24)22-15/h4-6H,7H2,1-3H3,(H2,20,26)(H,21,25)(H2,22,23,24). The van der Waals surface area contributed by atoms with Crippen molar-refractivity contribution in [3.05, 3.63) is 34.1 Å². The summed E-state index contributed by atoms with van der Waals surface area (Å²) in [5, 5.41) is 12.7. The highest BCUT2D eigenvalue weighted by Crippen LogP contribution is 2.41. The number of nitrogens with one attached hydrogen (secondary N) is 2. The zero-order chi connectivity index (χ0) is 22.7. The van der Waals surface area contributed by atoms with Crippen LogP contribution in [0, 0.1) is 0 Å². The summed E-state index contributed by atoms with van der Waals surface area (Å²) in [5.74, 6) is -0.323. The molecular weight excluding hydrogens is 446 g/mol. The first-order valence-corrected chi connectivity index (χ1v) is 10.5. The molecule has 0 bridgehead atoms. The minimum absolute atomic E-state index is 0.0542. The van der Waals surface area contributed by atoms with E-state index in [0.717, 1.165) is 29.2 Å². The number of aromatic hydroxyl groups is 1. The van der Waals surface area contributed by atoms with E-state index in [-0.39, 0.29) is 28.5 Å². The smallest absolute Gasteiger partial charge is 0.252 e. The zero-order valence-corrected chi connectivity index (χ0v) is 18.4. The molecule has 0 spiro atoms. The van der Waals surface area contributed by atoms with Gasteiger partial charge in [0.1, 0.15) is 5.75 Å². The summed E-state index contributed by atoms with van der Waals surface area (Å²) in [4.78, 5) is 38.6. The first kappa shape index (κ1) is 22.3. The van der Waals surface area contributed by atoms with Crippen molar-refractivity contribution in [2.24, 2.45) is 5.73 Å². The fraction of sp³-hybridized carbons (Fsp3) is 0.211. The lowest BCUT2D eigenvalue weighted by Crippen LogP contribution is -2.16. The van der Waals surface area contributed by atoms with Gasteiger partial charge in [0.15, 0.2) is 11.5 Å². The van der Waals surface area contributed by atoms with Gasteiger partial charge in [-0.15, -0.1) is 23.1 Å². The normalized spacial score (nSPS) is 10.7. The molecule has 0 unspecified atom stereocenters. The van der Waals surface area contributed by atoms with Crippen LogP contribution in [0.3, 0.4) is 0 Å². The van der Waals surface area contributed by atoms with Gasteiger partial charge in [0.05, 0.1) is 47.1 Å². The van der Waals surface area contributed by atoms with Crippen LogP contribution in [-0.4, -0.2) is 49.0 Å². The third kappa shape index (κ3) is 4.54. The van der Waals surface area contributed by atoms with Crippen molar-refractivity contribution < 1.29 is 28.9 Å². The molecule has 31 heavy (non-hydrogen) atoms. The van der Waals surface area contributed by atoms with E-state index in [4.69, 9.17) is 19.9 Å². The van der Waals surface area contributed by atoms with Gasteiger partial charge in [-0.25, -0.2) is 0 Å². The number of carbonyl (C=O) groups is 2. The Kier molecular flexibility index (Phi) is 6.61. The summed E-state index contributed by atoms with van der Waals surface area (Å²) in [6, 6.07) is 4.18. The first-order valence-electron chi connectivity index (χ1n) is 8.70. The molecule has 0 atom stereocenters. The van der Waals surface area contributed by atoms with E-state index in [2.05, 4.69) is 10.3 Å². The number of aromatic amines is 1. The van der Waals surface area contributed by atoms with Gasteiger partial charge in [-0.05, 0) is 0 Å². The fourth-order valence-electron chi connectivity index (χ4n) is 2.87. The van der Waals surface area contributed by atoms with E-state index in [1.807, 2.05) is 0 Å². The molecule has 2 aromatic heterocycles. The minimum atomic E-state index is -0.778. The number of aromatic nitrogens is 1. The number of primary amides is 1. The van der Waals surface area contributed by atoms with E-state index in [1.165, 1.54) is 21.3 Å². The summed E-state index contributed by atoms with van der Waals surface area (Å²) < 4.78 is 16.5. The Balaban J connectivity index is 1.82. The molecule has 0 radical (unpaired) electrons. The molecule has 0 saturated carbocycles. The van der Waals surface area contributed by atoms with Gasteiger partial charge in [0.2, 0.25) is 11.7 Å². The zero-order valence-electron chi connectivity index (χ0n) is 16.7. The lowest BCUT2D eigenvalue weighted by molar-refractivity contribution is -0.113. The van der Waals surface area contributed by atoms with Crippen molar-refractivity contribution in [1.29, 1.82) is 0 Å². The Labute approximate surface area is 184 Å². The number of fused-ring (bicyclic) bond motifs is 1. The number of thiophene rings is 1. The Morgan fingerprint density at radius 1 is 1.16 bits per heavy atom. The lowest BCUT2D eigenvalue weighted by Gasteiger charge is -2.14. The first-order chi connectivity index (χ1) is 14.8. The van der Waals surface area contributed by atoms with Gasteiger partial charge in [0, 0.05) is 23.9 Å². The van der Waals surface area contributed by atoms with E-state index in [9.17, 15) is 19.5 Å². The molecule has 5 N–H and O–H groups in total. The number of hydrogen-bond donors (Lipinski definition) is 4. The molecule has 0 aliphatic carbocycles. The predicted molar refractivity (Wildman–Crippen MR) is 118 cm³/mol. The number of H-pyrrole nitrogens is 1. The summed E-state index contributed by atoms with van der Waals surface area (Å²) in [7, 11) is 4.40. The molecule has 0 saturated heterocycles. The number of nitrogens with two attached hydrogens (primary N) is 1. The molecule has 1 aromatic carbocycles. The van der Waals surface area contributed by atoms with Gasteiger partial charge in [0.25, 0.3) is 11.5 Å². The quantitative estimate of drug-likeness (QED) is 0.369. The van der Waals surface area contributed by atoms with Crippen LogP contribution in [0.1, 0.15) is 10.4 Å². The van der Waals surface area contributed by atoms with Crippen LogP contribution in [0.25, 0.3) is 10.2 Å². The van der Waals surface area contributed by atoms with Gasteiger partial charge >= 0.3 is 0 Å². The van der Waals surface area contributed by atoms with Crippen LogP contribution < -0.4 is 30.8 Å². The van der Waals surface area contributed by atoms with Crippen LogP contribution in [0.5, 0.6) is 23.0 Å². The largest absolute Gasteiger partial charge is 0.506 e. The molecule has 3 aromatic rings. The highest BCUT2D eigenvalue weighted by Gasteiger charge is 2.22. The number of rotatable bonds is 8. The minimum Gasteiger partial charge on any atom is -0.506 e. The third-order valence-corrected chi connectivity index (χ3v) is 6.64. The topological polar surface area (TPSA) is 153 Å².